The van der Waals surface area contributed by atoms with Crippen molar-refractivity contribution in [3.05, 3.63) is 71.6 Å². The van der Waals surface area contributed by atoms with Crippen molar-refractivity contribution in [1.82, 2.24) is 20.1 Å². The number of aliphatic imine (C=N–C) groups is 1. The highest BCUT2D eigenvalue weighted by Gasteiger charge is 2.29. The number of carbonyl (C=O) groups excluding carboxylic acids is 2. The third-order valence-electron chi connectivity index (χ3n) is 8.22. The van der Waals surface area contributed by atoms with Gasteiger partial charge in [-0.2, -0.15) is 0 Å². The van der Waals surface area contributed by atoms with Crippen molar-refractivity contribution in [2.24, 2.45) is 10.7 Å². The molecule has 5 rings (SSSR count). The van der Waals surface area contributed by atoms with E-state index in [1.807, 2.05) is 24.3 Å². The molecule has 2 aromatic carbocycles. The van der Waals surface area contributed by atoms with E-state index in [4.69, 9.17) is 16.6 Å². The number of nitrogens with one attached hydrogen (secondary N) is 2. The van der Waals surface area contributed by atoms with Crippen molar-refractivity contribution in [1.29, 1.82) is 0 Å². The number of nitrogen functional groups attached to an aromatic ring is 1. The first-order valence-electron chi connectivity index (χ1n) is 14.7. The van der Waals surface area contributed by atoms with Crippen LogP contribution in [-0.2, 0) is 0 Å². The van der Waals surface area contributed by atoms with E-state index < -0.39 is 0 Å². The van der Waals surface area contributed by atoms with Gasteiger partial charge in [0.2, 0.25) is 0 Å². The van der Waals surface area contributed by atoms with E-state index in [1.54, 1.807) is 30.4 Å². The van der Waals surface area contributed by atoms with Crippen LogP contribution in [0.4, 0.5) is 11.5 Å². The molecular weight excluding hydrogens is 544 g/mol. The predicted octanol–water partition coefficient (Wildman–Crippen LogP) is 2.33. The highest BCUT2D eigenvalue weighted by molar-refractivity contribution is 6.10. The van der Waals surface area contributed by atoms with Gasteiger partial charge in [0.05, 0.1) is 12.2 Å². The number of piperidine rings is 1. The number of aromatic nitrogens is 1. The van der Waals surface area contributed by atoms with Crippen LogP contribution in [0.25, 0.3) is 16.3 Å². The number of allylic oxidation sites excluding steroid dienone is 1. The molecule has 2 saturated heterocycles. The molecule has 11 nitrogen and oxygen atoms in total. The molecule has 0 unspecified atom stereocenters. The van der Waals surface area contributed by atoms with Gasteiger partial charge in [-0.15, -0.1) is 0 Å². The zero-order chi connectivity index (χ0) is 30.3. The topological polar surface area (TPSA) is 162 Å². The zero-order valence-corrected chi connectivity index (χ0v) is 24.5. The number of likely N-dealkylation sites (tertiary alicyclic amines) is 2. The standard InChI is InChI=1S/C32H40N8O3/c1-35-18-25(17-33)24-16-29(30(34)36-19-24)31(42)38-28-8-11-40(20-28)32(43)23-3-2-22-15-27(5-4-21(22)14-23)37-26-6-9-39(10-7-26)12-13-41/h2-5,14-19,26,28,37,41H,6-13,20,33H2,1H3,(H2,34,36)(H,38,42)/b25-17+,35-18?/t28-/m1/s1. The number of nitrogens with two attached hydrogens (primary N) is 2. The lowest BCUT2D eigenvalue weighted by molar-refractivity contribution is 0.0783. The van der Waals surface area contributed by atoms with E-state index in [1.165, 1.54) is 6.20 Å². The summed E-state index contributed by atoms with van der Waals surface area (Å²) in [4.78, 5) is 38.7. The maximum atomic E-state index is 13.4. The number of hydrogen-bond acceptors (Lipinski definition) is 9. The Kier molecular flexibility index (Phi) is 9.53. The fourth-order valence-electron chi connectivity index (χ4n) is 5.82. The summed E-state index contributed by atoms with van der Waals surface area (Å²) in [7, 11) is 1.63. The molecule has 7 N–H and O–H groups in total. The number of amides is 2. The third-order valence-corrected chi connectivity index (χ3v) is 8.22. The Morgan fingerprint density at radius 2 is 1.79 bits per heavy atom. The lowest BCUT2D eigenvalue weighted by Crippen LogP contribution is -2.40. The highest BCUT2D eigenvalue weighted by atomic mass is 16.3. The van der Waals surface area contributed by atoms with Gasteiger partial charge >= 0.3 is 0 Å². The zero-order valence-electron chi connectivity index (χ0n) is 24.5. The molecule has 0 bridgehead atoms. The molecular formula is C32H40N8O3. The number of pyridine rings is 1. The average molecular weight is 585 g/mol. The average Bonchev–Trinajstić information content (AvgIpc) is 3.49. The lowest BCUT2D eigenvalue weighted by atomic mass is 10.0. The van der Waals surface area contributed by atoms with Gasteiger partial charge in [-0.1, -0.05) is 12.1 Å². The Balaban J connectivity index is 1.19. The summed E-state index contributed by atoms with van der Waals surface area (Å²) >= 11 is 0. The molecule has 1 atom stereocenters. The third kappa shape index (κ3) is 7.12. The van der Waals surface area contributed by atoms with Crippen LogP contribution in [0.15, 0.2) is 59.9 Å². The summed E-state index contributed by atoms with van der Waals surface area (Å²) in [6.07, 6.45) is 7.26. The van der Waals surface area contributed by atoms with Gasteiger partial charge in [0, 0.05) is 92.9 Å². The van der Waals surface area contributed by atoms with Crippen LogP contribution in [0.2, 0.25) is 0 Å². The Morgan fingerprint density at radius 1 is 1.05 bits per heavy atom. The van der Waals surface area contributed by atoms with Crippen LogP contribution in [0.5, 0.6) is 0 Å². The number of rotatable bonds is 9. The predicted molar refractivity (Wildman–Crippen MR) is 171 cm³/mol. The fourth-order valence-corrected chi connectivity index (χ4v) is 5.82. The molecule has 2 fully saturated rings. The van der Waals surface area contributed by atoms with Crippen LogP contribution in [0.1, 0.15) is 45.5 Å². The van der Waals surface area contributed by atoms with Crippen molar-refractivity contribution in [2.45, 2.75) is 31.3 Å². The number of benzene rings is 2. The van der Waals surface area contributed by atoms with Crippen LogP contribution in [0, 0.1) is 0 Å². The first kappa shape index (κ1) is 30.0. The number of anilines is 2. The SMILES string of the molecule is CN=C/C(=C\N)c1cnc(N)c(C(=O)N[C@@H]2CCN(C(=O)c3ccc4cc(NC5CCN(CCO)CC5)ccc4c3)C2)c1. The van der Waals surface area contributed by atoms with Crippen molar-refractivity contribution in [3.8, 4) is 0 Å². The van der Waals surface area contributed by atoms with Crippen molar-refractivity contribution in [2.75, 3.05) is 57.4 Å². The second kappa shape index (κ2) is 13.7. The molecule has 0 radical (unpaired) electrons. The van der Waals surface area contributed by atoms with E-state index in [9.17, 15) is 9.59 Å². The second-order valence-electron chi connectivity index (χ2n) is 11.1. The Bertz CT molecular complexity index is 1530. The van der Waals surface area contributed by atoms with E-state index in [2.05, 4.69) is 37.6 Å². The summed E-state index contributed by atoms with van der Waals surface area (Å²) in [5, 5.41) is 17.9. The molecule has 0 saturated carbocycles. The number of carbonyl (C=O) groups is 2. The molecule has 43 heavy (non-hydrogen) atoms. The summed E-state index contributed by atoms with van der Waals surface area (Å²) < 4.78 is 0. The second-order valence-corrected chi connectivity index (χ2v) is 11.1. The normalized spacial score (nSPS) is 18.4. The molecule has 11 heteroatoms. The molecule has 0 spiro atoms. The van der Waals surface area contributed by atoms with Crippen LogP contribution in [-0.4, -0.2) is 96.4 Å². The van der Waals surface area contributed by atoms with Crippen molar-refractivity contribution < 1.29 is 14.7 Å². The van der Waals surface area contributed by atoms with Gasteiger partial charge in [-0.25, -0.2) is 4.98 Å². The number of β-amino-alcohol motifs (C(OH)–C–C–N with tert-alkyl or cyclic N) is 1. The number of aliphatic hydroxyl groups is 1. The molecule has 2 amide bonds. The first-order valence-corrected chi connectivity index (χ1v) is 14.7. The van der Waals surface area contributed by atoms with Crippen LogP contribution >= 0.6 is 0 Å². The number of nitrogens with zero attached hydrogens (tertiary/aromatic N) is 4. The Labute approximate surface area is 251 Å². The molecule has 2 aliphatic rings. The van der Waals surface area contributed by atoms with E-state index in [0.29, 0.717) is 42.3 Å². The van der Waals surface area contributed by atoms with Gasteiger partial charge in [0.1, 0.15) is 5.82 Å². The quantitative estimate of drug-likeness (QED) is 0.239. The minimum atomic E-state index is -0.346. The monoisotopic (exact) mass is 584 g/mol. The number of fused-ring (bicyclic) bond motifs is 1. The molecule has 3 aromatic rings. The maximum absolute atomic E-state index is 13.4. The maximum Gasteiger partial charge on any atom is 0.255 e. The summed E-state index contributed by atoms with van der Waals surface area (Å²) in [6, 6.07) is 13.9. The van der Waals surface area contributed by atoms with E-state index >= 15 is 0 Å². The van der Waals surface area contributed by atoms with Gasteiger partial charge in [-0.05, 0) is 60.4 Å². The van der Waals surface area contributed by atoms with Gasteiger partial charge in [0.15, 0.2) is 0 Å². The van der Waals surface area contributed by atoms with Gasteiger partial charge < -0.3 is 37.0 Å². The first-order chi connectivity index (χ1) is 20.9. The molecule has 2 aliphatic heterocycles. The minimum absolute atomic E-state index is 0.0600. The molecule has 0 aliphatic carbocycles. The van der Waals surface area contributed by atoms with E-state index in [-0.39, 0.29) is 35.8 Å². The summed E-state index contributed by atoms with van der Waals surface area (Å²) in [5.74, 6) is -0.285. The van der Waals surface area contributed by atoms with Crippen molar-refractivity contribution in [3.63, 3.8) is 0 Å². The smallest absolute Gasteiger partial charge is 0.255 e. The fraction of sp³-hybridized carbons (Fsp3) is 0.375. The van der Waals surface area contributed by atoms with Crippen LogP contribution in [0.3, 0.4) is 0 Å². The van der Waals surface area contributed by atoms with Crippen molar-refractivity contribution >= 4 is 45.9 Å². The summed E-state index contributed by atoms with van der Waals surface area (Å²) in [6.45, 7) is 3.86. The largest absolute Gasteiger partial charge is 0.404 e. The number of hydrogen-bond donors (Lipinski definition) is 5. The Hall–Kier alpha value is -4.48. The number of aliphatic hydroxyl groups excluding tert-OH is 1. The van der Waals surface area contributed by atoms with Crippen LogP contribution < -0.4 is 22.1 Å². The highest BCUT2D eigenvalue weighted by Crippen LogP contribution is 2.25. The summed E-state index contributed by atoms with van der Waals surface area (Å²) in [5.41, 5.74) is 14.9. The minimum Gasteiger partial charge on any atom is -0.404 e. The van der Waals surface area contributed by atoms with Gasteiger partial charge in [0.25, 0.3) is 11.8 Å². The molecule has 226 valence electrons. The van der Waals surface area contributed by atoms with Gasteiger partial charge in [-0.3, -0.25) is 14.6 Å². The van der Waals surface area contributed by atoms with E-state index in [0.717, 1.165) is 48.9 Å². The molecule has 1 aromatic heterocycles. The molecule has 3 heterocycles. The Morgan fingerprint density at radius 3 is 2.53 bits per heavy atom. The lowest BCUT2D eigenvalue weighted by Gasteiger charge is -2.32.